The largest absolute Gasteiger partial charge is 0.464 e. The van der Waals surface area contributed by atoms with E-state index in [4.69, 9.17) is 4.74 Å². The first-order valence-electron chi connectivity index (χ1n) is 5.79. The number of benzene rings is 1. The number of aryl methyl sites for hydroxylation is 1. The lowest BCUT2D eigenvalue weighted by Gasteiger charge is -2.07. The molecule has 0 unspecified atom stereocenters. The predicted octanol–water partition coefficient (Wildman–Crippen LogP) is 2.89. The summed E-state index contributed by atoms with van der Waals surface area (Å²) in [6, 6.07) is 4.77. The molecule has 0 saturated heterocycles. The zero-order valence-electron chi connectivity index (χ0n) is 10.3. The normalized spacial score (nSPS) is 10.1. The first-order valence-corrected chi connectivity index (χ1v) is 5.79. The molecular formula is C13H18FNO2. The van der Waals surface area contributed by atoms with Crippen molar-refractivity contribution in [3.63, 3.8) is 0 Å². The highest BCUT2D eigenvalue weighted by Crippen LogP contribution is 2.13. The molecule has 0 spiro atoms. The standard InChI is InChI=1S/C13H18FNO2/c1-3-4-7-17-13(16)9-15-11-6-5-10(2)12(14)8-11/h5-6,8,15H,3-4,7,9H2,1-2H3. The van der Waals surface area contributed by atoms with Crippen LogP contribution in [-0.4, -0.2) is 19.1 Å². The summed E-state index contributed by atoms with van der Waals surface area (Å²) in [4.78, 5) is 11.3. The van der Waals surface area contributed by atoms with Gasteiger partial charge < -0.3 is 10.1 Å². The van der Waals surface area contributed by atoms with E-state index in [0.717, 1.165) is 12.8 Å². The summed E-state index contributed by atoms with van der Waals surface area (Å²) in [5.74, 6) is -0.603. The highest BCUT2D eigenvalue weighted by Gasteiger charge is 2.03. The fourth-order valence-electron chi connectivity index (χ4n) is 1.26. The van der Waals surface area contributed by atoms with Gasteiger partial charge >= 0.3 is 5.97 Å². The molecule has 94 valence electrons. The highest BCUT2D eigenvalue weighted by atomic mass is 19.1. The van der Waals surface area contributed by atoms with E-state index in [-0.39, 0.29) is 18.3 Å². The first-order chi connectivity index (χ1) is 8.13. The van der Waals surface area contributed by atoms with Gasteiger partial charge in [-0.05, 0) is 31.0 Å². The van der Waals surface area contributed by atoms with Crippen molar-refractivity contribution in [3.8, 4) is 0 Å². The number of rotatable bonds is 6. The Hall–Kier alpha value is -1.58. The monoisotopic (exact) mass is 239 g/mol. The van der Waals surface area contributed by atoms with Crippen LogP contribution in [-0.2, 0) is 9.53 Å². The summed E-state index contributed by atoms with van der Waals surface area (Å²) in [6.07, 6.45) is 1.86. The second-order valence-electron chi connectivity index (χ2n) is 3.89. The Kier molecular flexibility index (Phi) is 5.46. The second-order valence-corrected chi connectivity index (χ2v) is 3.89. The van der Waals surface area contributed by atoms with Gasteiger partial charge in [0.2, 0.25) is 0 Å². The summed E-state index contributed by atoms with van der Waals surface area (Å²) in [5, 5.41) is 2.82. The first kappa shape index (κ1) is 13.5. The van der Waals surface area contributed by atoms with Gasteiger partial charge in [0.1, 0.15) is 12.4 Å². The zero-order chi connectivity index (χ0) is 12.7. The molecule has 0 aliphatic rings. The number of nitrogens with one attached hydrogen (secondary N) is 1. The molecular weight excluding hydrogens is 221 g/mol. The summed E-state index contributed by atoms with van der Waals surface area (Å²) in [5.41, 5.74) is 1.17. The third-order valence-electron chi connectivity index (χ3n) is 2.37. The molecule has 0 bridgehead atoms. The van der Waals surface area contributed by atoms with Crippen LogP contribution in [0.5, 0.6) is 0 Å². The number of anilines is 1. The van der Waals surface area contributed by atoms with Crippen molar-refractivity contribution in [2.24, 2.45) is 0 Å². The average Bonchev–Trinajstić information content (AvgIpc) is 2.31. The third-order valence-corrected chi connectivity index (χ3v) is 2.37. The molecule has 17 heavy (non-hydrogen) atoms. The molecule has 0 amide bonds. The number of unbranched alkanes of at least 4 members (excludes halogenated alkanes) is 1. The van der Waals surface area contributed by atoms with Gasteiger partial charge in [0.25, 0.3) is 0 Å². The Morgan fingerprint density at radius 2 is 2.24 bits per heavy atom. The third kappa shape index (κ3) is 4.85. The second kappa shape index (κ2) is 6.89. The van der Waals surface area contributed by atoms with E-state index in [1.54, 1.807) is 19.1 Å². The van der Waals surface area contributed by atoms with Crippen molar-refractivity contribution in [2.75, 3.05) is 18.5 Å². The summed E-state index contributed by atoms with van der Waals surface area (Å²) in [7, 11) is 0. The van der Waals surface area contributed by atoms with E-state index in [1.165, 1.54) is 6.07 Å². The molecule has 0 fully saturated rings. The Morgan fingerprint density at radius 3 is 2.88 bits per heavy atom. The maximum absolute atomic E-state index is 13.2. The number of hydrogen-bond acceptors (Lipinski definition) is 3. The molecule has 1 rings (SSSR count). The maximum Gasteiger partial charge on any atom is 0.325 e. The molecule has 1 N–H and O–H groups in total. The quantitative estimate of drug-likeness (QED) is 0.612. The number of carbonyl (C=O) groups excluding carboxylic acids is 1. The van der Waals surface area contributed by atoms with Gasteiger partial charge in [-0.1, -0.05) is 19.4 Å². The average molecular weight is 239 g/mol. The Morgan fingerprint density at radius 1 is 1.47 bits per heavy atom. The number of halogens is 1. The molecule has 0 heterocycles. The van der Waals surface area contributed by atoms with Crippen LogP contribution in [0, 0.1) is 12.7 Å². The van der Waals surface area contributed by atoms with Crippen LogP contribution in [0.1, 0.15) is 25.3 Å². The number of carbonyl (C=O) groups is 1. The fraction of sp³-hybridized carbons (Fsp3) is 0.462. The minimum absolute atomic E-state index is 0.0617. The van der Waals surface area contributed by atoms with Gasteiger partial charge in [-0.3, -0.25) is 4.79 Å². The van der Waals surface area contributed by atoms with Gasteiger partial charge in [0.15, 0.2) is 0 Å². The minimum atomic E-state index is -0.320. The number of ether oxygens (including phenoxy) is 1. The van der Waals surface area contributed by atoms with Crippen LogP contribution in [0.2, 0.25) is 0 Å². The molecule has 0 aliphatic heterocycles. The molecule has 1 aromatic carbocycles. The smallest absolute Gasteiger partial charge is 0.325 e. The van der Waals surface area contributed by atoms with Crippen LogP contribution >= 0.6 is 0 Å². The van der Waals surface area contributed by atoms with Crippen LogP contribution < -0.4 is 5.32 Å². The molecule has 0 radical (unpaired) electrons. The SMILES string of the molecule is CCCCOC(=O)CNc1ccc(C)c(F)c1. The Labute approximate surface area is 101 Å². The summed E-state index contributed by atoms with van der Waals surface area (Å²) < 4.78 is 18.2. The lowest BCUT2D eigenvalue weighted by atomic mass is 10.2. The summed E-state index contributed by atoms with van der Waals surface area (Å²) in [6.45, 7) is 4.23. The fourth-order valence-corrected chi connectivity index (χ4v) is 1.26. The van der Waals surface area contributed by atoms with E-state index in [9.17, 15) is 9.18 Å². The number of hydrogen-bond donors (Lipinski definition) is 1. The van der Waals surface area contributed by atoms with Crippen molar-refractivity contribution in [1.29, 1.82) is 0 Å². The molecule has 0 aromatic heterocycles. The van der Waals surface area contributed by atoms with E-state index in [0.29, 0.717) is 17.9 Å². The topological polar surface area (TPSA) is 38.3 Å². The summed E-state index contributed by atoms with van der Waals surface area (Å²) >= 11 is 0. The van der Waals surface area contributed by atoms with E-state index >= 15 is 0 Å². The minimum Gasteiger partial charge on any atom is -0.464 e. The van der Waals surface area contributed by atoms with Crippen molar-refractivity contribution in [2.45, 2.75) is 26.7 Å². The maximum atomic E-state index is 13.2. The van der Waals surface area contributed by atoms with Crippen molar-refractivity contribution in [3.05, 3.63) is 29.6 Å². The van der Waals surface area contributed by atoms with Crippen LogP contribution in [0.4, 0.5) is 10.1 Å². The zero-order valence-corrected chi connectivity index (χ0v) is 10.3. The lowest BCUT2D eigenvalue weighted by Crippen LogP contribution is -2.17. The molecule has 4 heteroatoms. The number of esters is 1. The predicted molar refractivity (Wildman–Crippen MR) is 65.5 cm³/mol. The molecule has 3 nitrogen and oxygen atoms in total. The van der Waals surface area contributed by atoms with Crippen LogP contribution in [0.3, 0.4) is 0 Å². The van der Waals surface area contributed by atoms with Crippen LogP contribution in [0.25, 0.3) is 0 Å². The van der Waals surface area contributed by atoms with Crippen LogP contribution in [0.15, 0.2) is 18.2 Å². The van der Waals surface area contributed by atoms with Crippen molar-refractivity contribution in [1.82, 2.24) is 0 Å². The Bertz CT molecular complexity index is 380. The lowest BCUT2D eigenvalue weighted by molar-refractivity contribution is -0.141. The Balaban J connectivity index is 2.34. The van der Waals surface area contributed by atoms with Gasteiger partial charge in [-0.2, -0.15) is 0 Å². The molecule has 1 aromatic rings. The van der Waals surface area contributed by atoms with Gasteiger partial charge in [-0.15, -0.1) is 0 Å². The molecule has 0 atom stereocenters. The van der Waals surface area contributed by atoms with E-state index in [1.807, 2.05) is 6.92 Å². The van der Waals surface area contributed by atoms with E-state index < -0.39 is 0 Å². The van der Waals surface area contributed by atoms with Gasteiger partial charge in [0, 0.05) is 5.69 Å². The highest BCUT2D eigenvalue weighted by molar-refractivity contribution is 5.74. The molecule has 0 aliphatic carbocycles. The molecule has 0 saturated carbocycles. The van der Waals surface area contributed by atoms with Gasteiger partial charge in [-0.25, -0.2) is 4.39 Å². The van der Waals surface area contributed by atoms with Gasteiger partial charge in [0.05, 0.1) is 6.61 Å². The van der Waals surface area contributed by atoms with Crippen molar-refractivity contribution < 1.29 is 13.9 Å². The van der Waals surface area contributed by atoms with Crippen molar-refractivity contribution >= 4 is 11.7 Å². The van der Waals surface area contributed by atoms with E-state index in [2.05, 4.69) is 5.32 Å².